The van der Waals surface area contributed by atoms with Crippen molar-refractivity contribution < 1.29 is 15.0 Å². The fourth-order valence-electron chi connectivity index (χ4n) is 2.80. The van der Waals surface area contributed by atoms with E-state index in [1.165, 1.54) is 12.1 Å². The molecule has 2 aromatic carbocycles. The van der Waals surface area contributed by atoms with Gasteiger partial charge in [0.25, 0.3) is 5.91 Å². The molecule has 0 fully saturated rings. The summed E-state index contributed by atoms with van der Waals surface area (Å²) in [6.07, 6.45) is 1.96. The molecule has 0 saturated carbocycles. The molecule has 3 aromatic rings. The lowest BCUT2D eigenvalue weighted by molar-refractivity contribution is 0.102. The molecule has 5 heteroatoms. The highest BCUT2D eigenvalue weighted by molar-refractivity contribution is 6.07. The Kier molecular flexibility index (Phi) is 3.93. The Hall–Kier alpha value is -2.95. The van der Waals surface area contributed by atoms with Crippen molar-refractivity contribution in [2.75, 3.05) is 5.32 Å². The predicted octanol–water partition coefficient (Wildman–Crippen LogP) is 3.97. The highest BCUT2D eigenvalue weighted by Crippen LogP contribution is 2.32. The number of carbonyl (C=O) groups excluding carboxylic acids is 1. The maximum Gasteiger partial charge on any atom is 0.259 e. The molecule has 0 radical (unpaired) electrons. The van der Waals surface area contributed by atoms with Crippen LogP contribution in [0.2, 0.25) is 0 Å². The van der Waals surface area contributed by atoms with Crippen molar-refractivity contribution in [3.05, 3.63) is 53.7 Å². The summed E-state index contributed by atoms with van der Waals surface area (Å²) in [7, 11) is 1.96. The Morgan fingerprint density at radius 2 is 1.83 bits per heavy atom. The summed E-state index contributed by atoms with van der Waals surface area (Å²) in [6.45, 7) is 3.83. The fourth-order valence-corrected chi connectivity index (χ4v) is 2.80. The van der Waals surface area contributed by atoms with Gasteiger partial charge in [-0.1, -0.05) is 13.8 Å². The van der Waals surface area contributed by atoms with E-state index in [1.54, 1.807) is 0 Å². The Morgan fingerprint density at radius 1 is 1.08 bits per heavy atom. The van der Waals surface area contributed by atoms with E-state index in [0.29, 0.717) is 11.3 Å². The van der Waals surface area contributed by atoms with Crippen LogP contribution in [0.1, 0.15) is 35.7 Å². The van der Waals surface area contributed by atoms with Crippen molar-refractivity contribution in [3.63, 3.8) is 0 Å². The van der Waals surface area contributed by atoms with Crippen LogP contribution in [0.15, 0.2) is 42.6 Å². The number of phenols is 2. The lowest BCUT2D eigenvalue weighted by Gasteiger charge is -2.13. The zero-order valence-corrected chi connectivity index (χ0v) is 13.9. The van der Waals surface area contributed by atoms with Gasteiger partial charge in [0.05, 0.1) is 5.56 Å². The minimum Gasteiger partial charge on any atom is -0.508 e. The van der Waals surface area contributed by atoms with Crippen LogP contribution in [0.25, 0.3) is 10.9 Å². The van der Waals surface area contributed by atoms with E-state index in [0.717, 1.165) is 10.9 Å². The molecule has 5 nitrogen and oxygen atoms in total. The largest absolute Gasteiger partial charge is 0.508 e. The molecule has 24 heavy (non-hydrogen) atoms. The summed E-state index contributed by atoms with van der Waals surface area (Å²) in [6, 6.07) is 10.4. The molecule has 0 unspecified atom stereocenters. The number of nitrogens with zero attached hydrogens (tertiary/aromatic N) is 1. The molecule has 124 valence electrons. The quantitative estimate of drug-likeness (QED) is 0.682. The fraction of sp³-hybridized carbons (Fsp3) is 0.211. The van der Waals surface area contributed by atoms with Crippen molar-refractivity contribution in [2.45, 2.75) is 19.8 Å². The van der Waals surface area contributed by atoms with Crippen molar-refractivity contribution in [1.29, 1.82) is 0 Å². The molecule has 3 rings (SSSR count). The zero-order chi connectivity index (χ0) is 17.4. The number of anilines is 1. The smallest absolute Gasteiger partial charge is 0.259 e. The van der Waals surface area contributed by atoms with E-state index in [9.17, 15) is 15.0 Å². The van der Waals surface area contributed by atoms with Crippen LogP contribution in [0, 0.1) is 0 Å². The number of aromatic hydroxyl groups is 2. The number of hydrogen-bond acceptors (Lipinski definition) is 3. The lowest BCUT2D eigenvalue weighted by atomic mass is 9.98. The van der Waals surface area contributed by atoms with Crippen LogP contribution in [0.5, 0.6) is 11.5 Å². The number of hydrogen-bond donors (Lipinski definition) is 3. The summed E-state index contributed by atoms with van der Waals surface area (Å²) >= 11 is 0. The lowest BCUT2D eigenvalue weighted by Crippen LogP contribution is -2.12. The molecular formula is C19H20N2O3. The average Bonchev–Trinajstić information content (AvgIpc) is 2.87. The minimum atomic E-state index is -0.412. The highest BCUT2D eigenvalue weighted by atomic mass is 16.3. The van der Waals surface area contributed by atoms with Gasteiger partial charge in [-0.15, -0.1) is 0 Å². The summed E-state index contributed by atoms with van der Waals surface area (Å²) in [5.74, 6) is -0.623. The van der Waals surface area contributed by atoms with Crippen LogP contribution < -0.4 is 5.32 Å². The van der Waals surface area contributed by atoms with E-state index >= 15 is 0 Å². The minimum absolute atomic E-state index is 0.00949. The Bertz CT molecular complexity index is 926. The van der Waals surface area contributed by atoms with Gasteiger partial charge in [-0.2, -0.15) is 0 Å². The normalized spacial score (nSPS) is 11.2. The number of amides is 1. The molecule has 0 spiro atoms. The van der Waals surface area contributed by atoms with Crippen LogP contribution in [-0.2, 0) is 7.05 Å². The number of nitrogens with one attached hydrogen (secondary N) is 1. The molecule has 0 aliphatic rings. The first-order valence-electron chi connectivity index (χ1n) is 7.79. The van der Waals surface area contributed by atoms with Gasteiger partial charge < -0.3 is 20.1 Å². The first-order valence-corrected chi connectivity index (χ1v) is 7.79. The van der Waals surface area contributed by atoms with Crippen LogP contribution in [0.3, 0.4) is 0 Å². The maximum absolute atomic E-state index is 12.5. The standard InChI is InChI=1S/C19H20N2O3/c1-11(2)14-9-15(18(23)10-17(14)22)19(24)20-13-4-5-16-12(8-13)6-7-21(16)3/h4-11,22-23H,1-3H3,(H,20,24). The summed E-state index contributed by atoms with van der Waals surface area (Å²) in [5.41, 5.74) is 2.49. The van der Waals surface area contributed by atoms with E-state index in [2.05, 4.69) is 5.32 Å². The van der Waals surface area contributed by atoms with Gasteiger partial charge in [0.15, 0.2) is 0 Å². The van der Waals surface area contributed by atoms with Crippen LogP contribution in [0.4, 0.5) is 5.69 Å². The molecule has 1 aromatic heterocycles. The Labute approximate surface area is 140 Å². The molecule has 0 bridgehead atoms. The molecular weight excluding hydrogens is 304 g/mol. The van der Waals surface area contributed by atoms with Gasteiger partial charge in [-0.3, -0.25) is 4.79 Å². The number of carbonyl (C=O) groups is 1. The number of aryl methyl sites for hydroxylation is 1. The average molecular weight is 324 g/mol. The third-order valence-corrected chi connectivity index (χ3v) is 4.15. The SMILES string of the molecule is CC(C)c1cc(C(=O)Nc2ccc3c(ccn3C)c2)c(O)cc1O. The molecule has 0 atom stereocenters. The number of benzene rings is 2. The Balaban J connectivity index is 1.92. The molecule has 3 N–H and O–H groups in total. The number of fused-ring (bicyclic) bond motifs is 1. The number of aromatic nitrogens is 1. The second-order valence-electron chi connectivity index (χ2n) is 6.24. The third kappa shape index (κ3) is 2.80. The number of rotatable bonds is 3. The van der Waals surface area contributed by atoms with Gasteiger partial charge in [-0.05, 0) is 41.8 Å². The van der Waals surface area contributed by atoms with E-state index < -0.39 is 5.91 Å². The second-order valence-corrected chi connectivity index (χ2v) is 6.24. The van der Waals surface area contributed by atoms with Crippen molar-refractivity contribution in [2.24, 2.45) is 7.05 Å². The molecule has 0 aliphatic carbocycles. The predicted molar refractivity (Wildman–Crippen MR) is 94.7 cm³/mol. The summed E-state index contributed by atoms with van der Waals surface area (Å²) < 4.78 is 2.00. The second kappa shape index (κ2) is 5.92. The third-order valence-electron chi connectivity index (χ3n) is 4.15. The highest BCUT2D eigenvalue weighted by Gasteiger charge is 2.17. The van der Waals surface area contributed by atoms with Crippen LogP contribution in [-0.4, -0.2) is 20.7 Å². The first kappa shape index (κ1) is 15.9. The van der Waals surface area contributed by atoms with Crippen molar-refractivity contribution in [3.8, 4) is 11.5 Å². The molecule has 1 amide bonds. The van der Waals surface area contributed by atoms with Gasteiger partial charge in [0.2, 0.25) is 0 Å². The van der Waals surface area contributed by atoms with Crippen molar-refractivity contribution >= 4 is 22.5 Å². The van der Waals surface area contributed by atoms with E-state index in [-0.39, 0.29) is 23.0 Å². The Morgan fingerprint density at radius 3 is 2.54 bits per heavy atom. The van der Waals surface area contributed by atoms with E-state index in [1.807, 2.05) is 55.9 Å². The van der Waals surface area contributed by atoms with E-state index in [4.69, 9.17) is 0 Å². The summed E-state index contributed by atoms with van der Waals surface area (Å²) in [4.78, 5) is 12.5. The van der Waals surface area contributed by atoms with Gasteiger partial charge in [0, 0.05) is 35.9 Å². The topological polar surface area (TPSA) is 74.5 Å². The molecule has 0 saturated heterocycles. The van der Waals surface area contributed by atoms with Gasteiger partial charge in [0.1, 0.15) is 11.5 Å². The monoisotopic (exact) mass is 324 g/mol. The van der Waals surface area contributed by atoms with Gasteiger partial charge in [-0.25, -0.2) is 0 Å². The van der Waals surface area contributed by atoms with Crippen molar-refractivity contribution in [1.82, 2.24) is 4.57 Å². The molecule has 0 aliphatic heterocycles. The maximum atomic E-state index is 12.5. The molecule has 1 heterocycles. The first-order chi connectivity index (χ1) is 11.4. The number of phenolic OH excluding ortho intramolecular Hbond substituents is 2. The summed E-state index contributed by atoms with van der Waals surface area (Å²) in [5, 5.41) is 23.7. The van der Waals surface area contributed by atoms with Gasteiger partial charge >= 0.3 is 0 Å². The zero-order valence-electron chi connectivity index (χ0n) is 13.9. The van der Waals surface area contributed by atoms with Crippen LogP contribution >= 0.6 is 0 Å².